The minimum absolute atomic E-state index is 0.612. The van der Waals surface area contributed by atoms with Crippen molar-refractivity contribution >= 4 is 6.21 Å². The van der Waals surface area contributed by atoms with Crippen LogP contribution in [0.2, 0.25) is 0 Å². The molecule has 9 heavy (non-hydrogen) atoms. The first-order valence-electron chi connectivity index (χ1n) is 3.06. The lowest BCUT2D eigenvalue weighted by molar-refractivity contribution is -0.447. The molecule has 0 N–H and O–H groups in total. The molecule has 0 aromatic carbocycles. The minimum Gasteiger partial charge on any atom is -0.208 e. The number of allylic oxidation sites excluding steroid dienone is 1. The Morgan fingerprint density at radius 1 is 1.67 bits per heavy atom. The van der Waals surface area contributed by atoms with E-state index in [2.05, 4.69) is 18.4 Å². The van der Waals surface area contributed by atoms with Gasteiger partial charge in [0.1, 0.15) is 6.21 Å². The van der Waals surface area contributed by atoms with Crippen LogP contribution in [0.15, 0.2) is 12.3 Å². The molecule has 1 rings (SSSR count). The second-order valence-electron chi connectivity index (χ2n) is 1.95. The number of nitrogens with zero attached hydrogens (tertiary/aromatic N) is 2. The second kappa shape index (κ2) is 3.03. The van der Waals surface area contributed by atoms with Crippen molar-refractivity contribution < 1.29 is 4.58 Å². The Morgan fingerprint density at radius 3 is 3.11 bits per heavy atom. The molecular formula is C7H9N2+. The van der Waals surface area contributed by atoms with Gasteiger partial charge in [0, 0.05) is 6.42 Å². The topological polar surface area (TPSA) is 26.8 Å². The predicted molar refractivity (Wildman–Crippen MR) is 35.2 cm³/mol. The van der Waals surface area contributed by atoms with Crippen LogP contribution in [0.3, 0.4) is 0 Å². The Balaban J connectivity index is 2.29. The molecule has 2 nitrogen and oxygen atoms in total. The molecule has 46 valence electrons. The van der Waals surface area contributed by atoms with Crippen LogP contribution in [0, 0.1) is 11.3 Å². The van der Waals surface area contributed by atoms with Crippen LogP contribution in [-0.2, 0) is 0 Å². The highest BCUT2D eigenvalue weighted by Crippen LogP contribution is 1.92. The van der Waals surface area contributed by atoms with Gasteiger partial charge >= 0.3 is 0 Å². The molecular weight excluding hydrogens is 112 g/mol. The van der Waals surface area contributed by atoms with E-state index >= 15 is 0 Å². The first-order chi connectivity index (χ1) is 4.43. The number of hydrogen-bond acceptors (Lipinski definition) is 1. The van der Waals surface area contributed by atoms with Crippen molar-refractivity contribution in [3.8, 4) is 6.07 Å². The van der Waals surface area contributed by atoms with Gasteiger partial charge < -0.3 is 0 Å². The fraction of sp³-hybridized carbons (Fsp3) is 0.429. The summed E-state index contributed by atoms with van der Waals surface area (Å²) in [5, 5.41) is 8.21. The molecule has 0 saturated heterocycles. The van der Waals surface area contributed by atoms with Crippen molar-refractivity contribution in [3.05, 3.63) is 12.3 Å². The Kier molecular flexibility index (Phi) is 2.03. The van der Waals surface area contributed by atoms with E-state index in [9.17, 15) is 0 Å². The van der Waals surface area contributed by atoms with Gasteiger partial charge in [0.15, 0.2) is 12.7 Å². The molecule has 0 bridgehead atoms. The smallest absolute Gasteiger partial charge is 0.165 e. The lowest BCUT2D eigenvalue weighted by atomic mass is 10.5. The summed E-state index contributed by atoms with van der Waals surface area (Å²) in [6, 6.07) is 2.10. The van der Waals surface area contributed by atoms with E-state index in [0.29, 0.717) is 6.42 Å². The fourth-order valence-corrected chi connectivity index (χ4v) is 0.798. The van der Waals surface area contributed by atoms with Gasteiger partial charge in [-0.25, -0.2) is 4.58 Å². The maximum absolute atomic E-state index is 8.21. The highest BCUT2D eigenvalue weighted by molar-refractivity contribution is 5.55. The summed E-state index contributed by atoms with van der Waals surface area (Å²) in [5.74, 6) is 0. The molecule has 2 heteroatoms. The molecule has 0 radical (unpaired) electrons. The maximum atomic E-state index is 8.21. The van der Waals surface area contributed by atoms with E-state index in [-0.39, 0.29) is 0 Å². The Hall–Kier alpha value is -1.10. The van der Waals surface area contributed by atoms with Crippen molar-refractivity contribution in [1.29, 1.82) is 5.26 Å². The van der Waals surface area contributed by atoms with Crippen molar-refractivity contribution in [2.45, 2.75) is 12.8 Å². The van der Waals surface area contributed by atoms with Crippen molar-refractivity contribution in [2.24, 2.45) is 0 Å². The minimum atomic E-state index is 0.612. The predicted octanol–water partition coefficient (Wildman–Crippen LogP) is 0.901. The first-order valence-corrected chi connectivity index (χ1v) is 3.06. The van der Waals surface area contributed by atoms with Gasteiger partial charge in [0.05, 0.1) is 12.5 Å². The van der Waals surface area contributed by atoms with Gasteiger partial charge in [-0.3, -0.25) is 0 Å². The normalized spacial score (nSPS) is 15.2. The summed E-state index contributed by atoms with van der Waals surface area (Å²) in [7, 11) is 0. The molecule has 0 unspecified atom stereocenters. The molecule has 0 aromatic rings. The lowest BCUT2D eigenvalue weighted by Crippen LogP contribution is -2.02. The van der Waals surface area contributed by atoms with Crippen molar-refractivity contribution in [1.82, 2.24) is 0 Å². The maximum Gasteiger partial charge on any atom is 0.165 e. The van der Waals surface area contributed by atoms with E-state index in [1.807, 2.05) is 10.8 Å². The Morgan fingerprint density at radius 2 is 2.56 bits per heavy atom. The van der Waals surface area contributed by atoms with Gasteiger partial charge in [-0.15, -0.1) is 0 Å². The largest absolute Gasteiger partial charge is 0.208 e. The number of hydrogen-bond donors (Lipinski definition) is 0. The molecule has 0 aromatic heterocycles. The van der Waals surface area contributed by atoms with Crippen LogP contribution >= 0.6 is 0 Å². The monoisotopic (exact) mass is 121 g/mol. The molecule has 0 amide bonds. The van der Waals surface area contributed by atoms with Crippen LogP contribution < -0.4 is 0 Å². The van der Waals surface area contributed by atoms with Gasteiger partial charge in [-0.2, -0.15) is 5.26 Å². The van der Waals surface area contributed by atoms with E-state index in [4.69, 9.17) is 5.26 Å². The fourth-order valence-electron chi connectivity index (χ4n) is 0.798. The van der Waals surface area contributed by atoms with Gasteiger partial charge in [-0.1, -0.05) is 0 Å². The van der Waals surface area contributed by atoms with E-state index in [0.717, 1.165) is 13.0 Å². The summed E-state index contributed by atoms with van der Waals surface area (Å²) in [6.07, 6.45) is 7.80. The summed E-state index contributed by atoms with van der Waals surface area (Å²) in [6.45, 7) is 0.840. The van der Waals surface area contributed by atoms with Crippen LogP contribution in [0.1, 0.15) is 12.8 Å². The number of rotatable bonds is 2. The van der Waals surface area contributed by atoms with E-state index < -0.39 is 0 Å². The van der Waals surface area contributed by atoms with Crippen LogP contribution in [0.5, 0.6) is 0 Å². The summed E-state index contributed by atoms with van der Waals surface area (Å²) < 4.78 is 2.04. The molecule has 0 spiro atoms. The molecule has 0 atom stereocenters. The van der Waals surface area contributed by atoms with Gasteiger partial charge in [0.25, 0.3) is 0 Å². The zero-order valence-corrected chi connectivity index (χ0v) is 5.25. The quantitative estimate of drug-likeness (QED) is 0.498. The molecule has 0 saturated carbocycles. The van der Waals surface area contributed by atoms with Crippen molar-refractivity contribution in [3.63, 3.8) is 0 Å². The standard InChI is InChI=1S/C7H9N2/c8-4-3-7-9-5-1-2-6-9/h1,5-6H,2-3,7H2/q+1. The van der Waals surface area contributed by atoms with Gasteiger partial charge in [0.2, 0.25) is 0 Å². The highest BCUT2D eigenvalue weighted by Gasteiger charge is 2.01. The third kappa shape index (κ3) is 1.69. The van der Waals surface area contributed by atoms with Gasteiger partial charge in [-0.05, 0) is 6.08 Å². The average molecular weight is 121 g/mol. The third-order valence-electron chi connectivity index (χ3n) is 1.25. The Bertz CT molecular complexity index is 184. The first kappa shape index (κ1) is 6.03. The molecule has 1 heterocycles. The van der Waals surface area contributed by atoms with Crippen LogP contribution in [-0.4, -0.2) is 17.3 Å². The SMILES string of the molecule is N#CCC[N+]1=CCC=C1. The van der Waals surface area contributed by atoms with Crippen molar-refractivity contribution in [2.75, 3.05) is 6.54 Å². The third-order valence-corrected chi connectivity index (χ3v) is 1.25. The van der Waals surface area contributed by atoms with E-state index in [1.54, 1.807) is 0 Å². The zero-order chi connectivity index (χ0) is 6.53. The molecule has 0 aliphatic carbocycles. The molecule has 0 fully saturated rings. The average Bonchev–Trinajstić information content (AvgIpc) is 2.34. The van der Waals surface area contributed by atoms with Crippen LogP contribution in [0.4, 0.5) is 0 Å². The number of nitriles is 1. The summed E-state index contributed by atoms with van der Waals surface area (Å²) in [5.41, 5.74) is 0. The highest BCUT2D eigenvalue weighted by atomic mass is 15.0. The zero-order valence-electron chi connectivity index (χ0n) is 5.25. The second-order valence-corrected chi connectivity index (χ2v) is 1.95. The summed E-state index contributed by atoms with van der Waals surface area (Å²) >= 11 is 0. The van der Waals surface area contributed by atoms with E-state index in [1.165, 1.54) is 0 Å². The van der Waals surface area contributed by atoms with Crippen LogP contribution in [0.25, 0.3) is 0 Å². The molecule has 1 aliphatic rings. The Labute approximate surface area is 54.7 Å². The molecule has 1 aliphatic heterocycles. The lowest BCUT2D eigenvalue weighted by Gasteiger charge is -1.84. The summed E-state index contributed by atoms with van der Waals surface area (Å²) in [4.78, 5) is 0.